The first-order valence-corrected chi connectivity index (χ1v) is 11.4. The van der Waals surface area contributed by atoms with E-state index in [9.17, 15) is 13.2 Å². The number of carbonyl (C=O) groups is 1. The Morgan fingerprint density at radius 1 is 1.11 bits per heavy atom. The van der Waals surface area contributed by atoms with Crippen molar-refractivity contribution in [2.24, 2.45) is 0 Å². The zero-order valence-corrected chi connectivity index (χ0v) is 18.1. The van der Waals surface area contributed by atoms with Crippen molar-refractivity contribution in [2.45, 2.75) is 33.3 Å². The molecule has 0 aromatic heterocycles. The van der Waals surface area contributed by atoms with Crippen LogP contribution in [0.3, 0.4) is 0 Å². The second kappa shape index (κ2) is 13.8. The van der Waals surface area contributed by atoms with E-state index in [1.54, 1.807) is 4.31 Å². The van der Waals surface area contributed by atoms with Crippen molar-refractivity contribution in [1.82, 2.24) is 14.5 Å². The molecule has 0 atom stereocenters. The molecule has 1 amide bonds. The molecular formula is C18H35N3O6S. The van der Waals surface area contributed by atoms with Gasteiger partial charge in [0.05, 0.1) is 18.4 Å². The van der Waals surface area contributed by atoms with Gasteiger partial charge in [0.15, 0.2) is 0 Å². The van der Waals surface area contributed by atoms with Crippen molar-refractivity contribution in [3.05, 3.63) is 12.5 Å². The fourth-order valence-electron chi connectivity index (χ4n) is 2.56. The van der Waals surface area contributed by atoms with Crippen molar-refractivity contribution >= 4 is 15.9 Å². The molecule has 1 aliphatic rings. The van der Waals surface area contributed by atoms with Crippen LogP contribution in [-0.4, -0.2) is 94.5 Å². The number of hydrogen-bond acceptors (Lipinski definition) is 7. The van der Waals surface area contributed by atoms with Crippen LogP contribution in [0.4, 0.5) is 0 Å². The number of rotatable bonds is 14. The van der Waals surface area contributed by atoms with Crippen molar-refractivity contribution < 1.29 is 27.4 Å². The lowest BCUT2D eigenvalue weighted by Crippen LogP contribution is -2.49. The highest BCUT2D eigenvalue weighted by atomic mass is 32.2. The monoisotopic (exact) mass is 421 g/mol. The number of amides is 1. The summed E-state index contributed by atoms with van der Waals surface area (Å²) in [6.45, 7) is 10.2. The Bertz CT molecular complexity index is 560. The van der Waals surface area contributed by atoms with Gasteiger partial charge in [-0.3, -0.25) is 9.69 Å². The summed E-state index contributed by atoms with van der Waals surface area (Å²) in [5, 5.41) is 2.69. The largest absolute Gasteiger partial charge is 0.497 e. The van der Waals surface area contributed by atoms with Crippen LogP contribution in [0.1, 0.15) is 27.2 Å². The molecule has 0 bridgehead atoms. The lowest BCUT2D eigenvalue weighted by atomic mass is 10.3. The van der Waals surface area contributed by atoms with Gasteiger partial charge in [0.1, 0.15) is 32.3 Å². The summed E-state index contributed by atoms with van der Waals surface area (Å²) in [5.41, 5.74) is 0. The first-order valence-electron chi connectivity index (χ1n) is 9.82. The first kappa shape index (κ1) is 24.7. The molecule has 1 fully saturated rings. The zero-order valence-electron chi connectivity index (χ0n) is 17.3. The van der Waals surface area contributed by atoms with Gasteiger partial charge in [0.2, 0.25) is 15.9 Å². The van der Waals surface area contributed by atoms with Crippen molar-refractivity contribution in [1.29, 1.82) is 0 Å². The molecule has 1 heterocycles. The van der Waals surface area contributed by atoms with E-state index in [-0.39, 0.29) is 24.4 Å². The summed E-state index contributed by atoms with van der Waals surface area (Å²) in [5.74, 6) is 0.0520. The molecule has 28 heavy (non-hydrogen) atoms. The Morgan fingerprint density at radius 2 is 1.75 bits per heavy atom. The summed E-state index contributed by atoms with van der Waals surface area (Å²) in [7, 11) is -3.10. The Morgan fingerprint density at radius 3 is 2.36 bits per heavy atom. The van der Waals surface area contributed by atoms with Crippen molar-refractivity contribution in [3.8, 4) is 0 Å². The van der Waals surface area contributed by atoms with Gasteiger partial charge in [-0.05, 0) is 20.3 Å². The first-order chi connectivity index (χ1) is 13.3. The number of carbonyl (C=O) groups excluding carboxylic acids is 1. The highest BCUT2D eigenvalue weighted by Crippen LogP contribution is 2.08. The quantitative estimate of drug-likeness (QED) is 0.320. The van der Waals surface area contributed by atoms with Gasteiger partial charge in [0, 0.05) is 32.7 Å². The molecule has 1 saturated heterocycles. The van der Waals surface area contributed by atoms with Gasteiger partial charge in [0.25, 0.3) is 0 Å². The fourth-order valence-corrected chi connectivity index (χ4v) is 4.05. The minimum absolute atomic E-state index is 0.0278. The molecule has 0 aromatic rings. The molecule has 1 N–H and O–H groups in total. The molecule has 0 unspecified atom stereocenters. The molecule has 0 spiro atoms. The summed E-state index contributed by atoms with van der Waals surface area (Å²) < 4.78 is 41.4. The van der Waals surface area contributed by atoms with E-state index >= 15 is 0 Å². The predicted octanol–water partition coefficient (Wildman–Crippen LogP) is 0.389. The summed E-state index contributed by atoms with van der Waals surface area (Å²) in [6, 6.07) is 0. The minimum atomic E-state index is -3.10. The Labute approximate surface area is 169 Å². The molecule has 9 nitrogen and oxygen atoms in total. The third kappa shape index (κ3) is 10.8. The van der Waals surface area contributed by atoms with E-state index in [1.807, 2.05) is 20.8 Å². The van der Waals surface area contributed by atoms with E-state index in [0.29, 0.717) is 52.4 Å². The minimum Gasteiger partial charge on any atom is -0.497 e. The van der Waals surface area contributed by atoms with E-state index in [4.69, 9.17) is 14.2 Å². The maximum absolute atomic E-state index is 12.0. The van der Waals surface area contributed by atoms with E-state index in [2.05, 4.69) is 10.2 Å². The summed E-state index contributed by atoms with van der Waals surface area (Å²) >= 11 is 0. The lowest BCUT2D eigenvalue weighted by molar-refractivity contribution is -0.127. The van der Waals surface area contributed by atoms with Crippen LogP contribution in [-0.2, 0) is 29.0 Å². The van der Waals surface area contributed by atoms with Gasteiger partial charge < -0.3 is 19.5 Å². The van der Waals surface area contributed by atoms with Gasteiger partial charge in [-0.1, -0.05) is 6.92 Å². The smallest absolute Gasteiger partial charge is 0.246 e. The molecule has 0 aromatic carbocycles. The number of ether oxygens (including phenoxy) is 3. The highest BCUT2D eigenvalue weighted by Gasteiger charge is 2.25. The molecule has 0 radical (unpaired) electrons. The maximum atomic E-state index is 12.0. The van der Waals surface area contributed by atoms with Crippen LogP contribution < -0.4 is 5.32 Å². The highest BCUT2D eigenvalue weighted by molar-refractivity contribution is 7.89. The number of nitrogens with one attached hydrogen (secondary N) is 1. The topological polar surface area (TPSA) is 97.4 Å². The molecule has 10 heteroatoms. The normalized spacial score (nSPS) is 16.6. The second-order valence-electron chi connectivity index (χ2n) is 6.78. The lowest BCUT2D eigenvalue weighted by Gasteiger charge is -2.33. The van der Waals surface area contributed by atoms with Crippen LogP contribution in [0, 0.1) is 0 Å². The second-order valence-corrected chi connectivity index (χ2v) is 8.87. The Hall–Kier alpha value is -1.36. The van der Waals surface area contributed by atoms with Gasteiger partial charge >= 0.3 is 0 Å². The average Bonchev–Trinajstić information content (AvgIpc) is 2.65. The van der Waals surface area contributed by atoms with Gasteiger partial charge in [-0.15, -0.1) is 0 Å². The number of nitrogens with zero attached hydrogens (tertiary/aromatic N) is 2. The van der Waals surface area contributed by atoms with E-state index < -0.39 is 10.0 Å². The fraction of sp³-hybridized carbons (Fsp3) is 0.833. The standard InChI is InChI=1S/C18H35N3O6S/c1-4-15-28(23,24)21-8-6-20(7-9-21)10-12-26-14-13-25-11-5-19-18(22)16-27-17(2)3/h13-14,17H,4-12,15-16H2,1-3H3,(H,19,22)/b14-13+. The summed E-state index contributed by atoms with van der Waals surface area (Å²) in [6.07, 6.45) is 3.60. The van der Waals surface area contributed by atoms with Crippen molar-refractivity contribution in [3.63, 3.8) is 0 Å². The average molecular weight is 422 g/mol. The number of piperazine rings is 1. The van der Waals surface area contributed by atoms with Crippen molar-refractivity contribution in [2.75, 3.05) is 64.8 Å². The van der Waals surface area contributed by atoms with Crippen LogP contribution in [0.5, 0.6) is 0 Å². The SMILES string of the molecule is CCCS(=O)(=O)N1CCN(CCO/C=C/OCCNC(=O)COC(C)C)CC1. The molecule has 1 rings (SSSR count). The van der Waals surface area contributed by atoms with Crippen LogP contribution in [0.15, 0.2) is 12.5 Å². The van der Waals surface area contributed by atoms with Crippen LogP contribution in [0.2, 0.25) is 0 Å². The van der Waals surface area contributed by atoms with Gasteiger partial charge in [-0.25, -0.2) is 8.42 Å². The zero-order chi connectivity index (χ0) is 20.8. The molecule has 164 valence electrons. The van der Waals surface area contributed by atoms with Gasteiger partial charge in [-0.2, -0.15) is 4.31 Å². The Kier molecular flexibility index (Phi) is 12.1. The molecule has 0 saturated carbocycles. The van der Waals surface area contributed by atoms with E-state index in [1.165, 1.54) is 12.5 Å². The van der Waals surface area contributed by atoms with E-state index in [0.717, 1.165) is 6.54 Å². The Balaban J connectivity index is 2.01. The maximum Gasteiger partial charge on any atom is 0.246 e. The molecule has 0 aliphatic carbocycles. The third-order valence-corrected chi connectivity index (χ3v) is 6.13. The van der Waals surface area contributed by atoms with Crippen LogP contribution >= 0.6 is 0 Å². The third-order valence-electron chi connectivity index (χ3n) is 4.05. The van der Waals surface area contributed by atoms with Crippen LogP contribution in [0.25, 0.3) is 0 Å². The number of sulfonamides is 1. The molecule has 1 aliphatic heterocycles. The predicted molar refractivity (Wildman–Crippen MR) is 107 cm³/mol. The summed E-state index contributed by atoms with van der Waals surface area (Å²) in [4.78, 5) is 13.6. The number of hydrogen-bond donors (Lipinski definition) is 1. The molecular weight excluding hydrogens is 386 g/mol.